The fourth-order valence-corrected chi connectivity index (χ4v) is 2.30. The molecule has 1 unspecified atom stereocenters. The number of carboxylic acid groups (broad SMARTS) is 1. The van der Waals surface area contributed by atoms with Crippen molar-refractivity contribution in [1.29, 1.82) is 0 Å². The molecule has 0 aliphatic heterocycles. The van der Waals surface area contributed by atoms with Crippen LogP contribution in [0.1, 0.15) is 29.5 Å². The quantitative estimate of drug-likeness (QED) is 0.879. The van der Waals surface area contributed by atoms with Crippen LogP contribution in [0.4, 0.5) is 4.39 Å². The number of carbonyl (C=O) groups is 1. The Bertz CT molecular complexity index is 650. The van der Waals surface area contributed by atoms with Gasteiger partial charge in [-0.2, -0.15) is 0 Å². The molecular formula is C18H19FO3. The van der Waals surface area contributed by atoms with Crippen molar-refractivity contribution in [1.82, 2.24) is 0 Å². The van der Waals surface area contributed by atoms with Crippen molar-refractivity contribution in [3.63, 3.8) is 0 Å². The van der Waals surface area contributed by atoms with Crippen molar-refractivity contribution in [3.05, 3.63) is 65.0 Å². The lowest BCUT2D eigenvalue weighted by atomic mass is 9.91. The SMILES string of the molecule is CCOc1ccc(CC(C(=O)O)c2ccc(C)c(F)c2)cc1. The first-order valence-electron chi connectivity index (χ1n) is 7.22. The molecule has 0 fully saturated rings. The molecule has 116 valence electrons. The van der Waals surface area contributed by atoms with Crippen LogP contribution >= 0.6 is 0 Å². The molecular weight excluding hydrogens is 283 g/mol. The highest BCUT2D eigenvalue weighted by Crippen LogP contribution is 2.24. The summed E-state index contributed by atoms with van der Waals surface area (Å²) >= 11 is 0. The molecule has 0 aliphatic rings. The topological polar surface area (TPSA) is 46.5 Å². The number of rotatable bonds is 6. The molecule has 0 heterocycles. The summed E-state index contributed by atoms with van der Waals surface area (Å²) in [4.78, 5) is 11.5. The normalized spacial score (nSPS) is 12.0. The number of ether oxygens (including phenoxy) is 1. The maximum Gasteiger partial charge on any atom is 0.311 e. The van der Waals surface area contributed by atoms with Gasteiger partial charge in [-0.25, -0.2) is 4.39 Å². The lowest BCUT2D eigenvalue weighted by molar-refractivity contribution is -0.138. The molecule has 1 atom stereocenters. The molecule has 2 aromatic rings. The number of hydrogen-bond acceptors (Lipinski definition) is 2. The van der Waals surface area contributed by atoms with E-state index in [4.69, 9.17) is 4.74 Å². The van der Waals surface area contributed by atoms with Gasteiger partial charge in [-0.1, -0.05) is 24.3 Å². The molecule has 2 aromatic carbocycles. The van der Waals surface area contributed by atoms with Crippen molar-refractivity contribution in [3.8, 4) is 5.75 Å². The number of halogens is 1. The van der Waals surface area contributed by atoms with Crippen LogP contribution in [-0.2, 0) is 11.2 Å². The Morgan fingerprint density at radius 3 is 2.45 bits per heavy atom. The van der Waals surface area contributed by atoms with Crippen LogP contribution < -0.4 is 4.74 Å². The van der Waals surface area contributed by atoms with Crippen molar-refractivity contribution < 1.29 is 19.0 Å². The molecule has 0 bridgehead atoms. The Kier molecular flexibility index (Phi) is 5.15. The van der Waals surface area contributed by atoms with Crippen molar-refractivity contribution in [2.45, 2.75) is 26.2 Å². The molecule has 0 spiro atoms. The average molecular weight is 302 g/mol. The fourth-order valence-electron chi connectivity index (χ4n) is 2.30. The number of aliphatic carboxylic acids is 1. The zero-order valence-electron chi connectivity index (χ0n) is 12.7. The molecule has 0 radical (unpaired) electrons. The summed E-state index contributed by atoms with van der Waals surface area (Å²) in [6, 6.07) is 11.9. The Hall–Kier alpha value is -2.36. The zero-order chi connectivity index (χ0) is 16.1. The first-order chi connectivity index (χ1) is 10.5. The van der Waals surface area contributed by atoms with E-state index in [0.29, 0.717) is 24.2 Å². The molecule has 0 amide bonds. The predicted molar refractivity (Wildman–Crippen MR) is 82.8 cm³/mol. The Balaban J connectivity index is 2.21. The van der Waals surface area contributed by atoms with Gasteiger partial charge in [0, 0.05) is 0 Å². The molecule has 4 heteroatoms. The van der Waals surface area contributed by atoms with Gasteiger partial charge in [-0.15, -0.1) is 0 Å². The van der Waals surface area contributed by atoms with E-state index in [1.807, 2.05) is 31.2 Å². The third-order valence-electron chi connectivity index (χ3n) is 3.57. The second-order valence-electron chi connectivity index (χ2n) is 5.18. The summed E-state index contributed by atoms with van der Waals surface area (Å²) in [5, 5.41) is 9.44. The average Bonchev–Trinajstić information content (AvgIpc) is 2.49. The second kappa shape index (κ2) is 7.07. The van der Waals surface area contributed by atoms with E-state index in [1.165, 1.54) is 6.07 Å². The minimum absolute atomic E-state index is 0.310. The van der Waals surface area contributed by atoms with E-state index < -0.39 is 11.9 Å². The van der Waals surface area contributed by atoms with Gasteiger partial charge in [-0.05, 0) is 55.2 Å². The number of hydrogen-bond donors (Lipinski definition) is 1. The van der Waals surface area contributed by atoms with Gasteiger partial charge in [0.15, 0.2) is 0 Å². The van der Waals surface area contributed by atoms with Gasteiger partial charge >= 0.3 is 5.97 Å². The summed E-state index contributed by atoms with van der Waals surface area (Å²) in [7, 11) is 0. The smallest absolute Gasteiger partial charge is 0.311 e. The van der Waals surface area contributed by atoms with E-state index in [-0.39, 0.29) is 5.82 Å². The van der Waals surface area contributed by atoms with Crippen molar-refractivity contribution in [2.75, 3.05) is 6.61 Å². The second-order valence-corrected chi connectivity index (χ2v) is 5.18. The molecule has 3 nitrogen and oxygen atoms in total. The van der Waals surface area contributed by atoms with Crippen LogP contribution in [0.5, 0.6) is 5.75 Å². The molecule has 0 aliphatic carbocycles. The molecule has 1 N–H and O–H groups in total. The number of carboxylic acids is 1. The largest absolute Gasteiger partial charge is 0.494 e. The highest BCUT2D eigenvalue weighted by atomic mass is 19.1. The van der Waals surface area contributed by atoms with Crippen LogP contribution in [0.2, 0.25) is 0 Å². The Morgan fingerprint density at radius 2 is 1.91 bits per heavy atom. The van der Waals surface area contributed by atoms with Crippen LogP contribution in [0.3, 0.4) is 0 Å². The highest BCUT2D eigenvalue weighted by Gasteiger charge is 2.21. The van der Waals surface area contributed by atoms with Gasteiger partial charge in [0.05, 0.1) is 12.5 Å². The minimum atomic E-state index is -0.961. The third kappa shape index (κ3) is 3.85. The van der Waals surface area contributed by atoms with Gasteiger partial charge in [-0.3, -0.25) is 4.79 Å². The van der Waals surface area contributed by atoms with Crippen molar-refractivity contribution in [2.24, 2.45) is 0 Å². The van der Waals surface area contributed by atoms with E-state index in [2.05, 4.69) is 0 Å². The van der Waals surface area contributed by atoms with Gasteiger partial charge in [0.2, 0.25) is 0 Å². The maximum absolute atomic E-state index is 13.7. The maximum atomic E-state index is 13.7. The van der Waals surface area contributed by atoms with E-state index in [1.54, 1.807) is 19.1 Å². The number of aryl methyl sites for hydroxylation is 1. The summed E-state index contributed by atoms with van der Waals surface area (Å²) in [6.45, 7) is 4.14. The standard InChI is InChI=1S/C18H19FO3/c1-3-22-15-8-5-13(6-9-15)10-16(18(20)21)14-7-4-12(2)17(19)11-14/h4-9,11,16H,3,10H2,1-2H3,(H,20,21). The lowest BCUT2D eigenvalue weighted by Crippen LogP contribution is -2.15. The van der Waals surface area contributed by atoms with Crippen molar-refractivity contribution >= 4 is 5.97 Å². The predicted octanol–water partition coefficient (Wildman–Crippen LogP) is 3.94. The molecule has 0 saturated carbocycles. The minimum Gasteiger partial charge on any atom is -0.494 e. The van der Waals surface area contributed by atoms with Gasteiger partial charge in [0.25, 0.3) is 0 Å². The lowest BCUT2D eigenvalue weighted by Gasteiger charge is -2.14. The zero-order valence-corrected chi connectivity index (χ0v) is 12.7. The molecule has 22 heavy (non-hydrogen) atoms. The Labute approximate surface area is 129 Å². The van der Waals surface area contributed by atoms with Gasteiger partial charge < -0.3 is 9.84 Å². The monoisotopic (exact) mass is 302 g/mol. The summed E-state index contributed by atoms with van der Waals surface area (Å²) in [5.74, 6) is -1.36. The molecule has 0 saturated heterocycles. The van der Waals surface area contributed by atoms with Crippen LogP contribution in [0, 0.1) is 12.7 Å². The van der Waals surface area contributed by atoms with Crippen LogP contribution in [0.25, 0.3) is 0 Å². The summed E-state index contributed by atoms with van der Waals surface area (Å²) in [6.07, 6.45) is 0.310. The molecule has 2 rings (SSSR count). The first-order valence-corrected chi connectivity index (χ1v) is 7.22. The van der Waals surface area contributed by atoms with E-state index >= 15 is 0 Å². The molecule has 0 aromatic heterocycles. The third-order valence-corrected chi connectivity index (χ3v) is 3.57. The summed E-state index contributed by atoms with van der Waals surface area (Å²) < 4.78 is 19.0. The highest BCUT2D eigenvalue weighted by molar-refractivity contribution is 5.76. The van der Waals surface area contributed by atoms with E-state index in [9.17, 15) is 14.3 Å². The van der Waals surface area contributed by atoms with Gasteiger partial charge in [0.1, 0.15) is 11.6 Å². The van der Waals surface area contributed by atoms with Crippen LogP contribution in [-0.4, -0.2) is 17.7 Å². The summed E-state index contributed by atoms with van der Waals surface area (Å²) in [5.41, 5.74) is 1.86. The Morgan fingerprint density at radius 1 is 1.23 bits per heavy atom. The number of benzene rings is 2. The fraction of sp³-hybridized carbons (Fsp3) is 0.278. The first kappa shape index (κ1) is 16.0. The van der Waals surface area contributed by atoms with Crippen LogP contribution in [0.15, 0.2) is 42.5 Å². The van der Waals surface area contributed by atoms with E-state index in [0.717, 1.165) is 11.3 Å².